The molecule has 0 spiro atoms. The summed E-state index contributed by atoms with van der Waals surface area (Å²) in [6.45, 7) is 0. The molecule has 204 valence electrons. The van der Waals surface area contributed by atoms with E-state index < -0.39 is 66.8 Å². The summed E-state index contributed by atoms with van der Waals surface area (Å²) in [5.74, 6) is -30.3. The van der Waals surface area contributed by atoms with Crippen LogP contribution in [0.5, 0.6) is 0 Å². The number of halogens is 20. The highest BCUT2D eigenvalue weighted by atomic mass is 19.4. The fraction of sp³-hybridized carbons (Fsp3) is 0.909. The molecule has 34 heavy (non-hydrogen) atoms. The van der Waals surface area contributed by atoms with Crippen LogP contribution in [-0.4, -0.2) is 66.8 Å². The van der Waals surface area contributed by atoms with Crippen LogP contribution in [-0.2, 0) is 9.47 Å². The van der Waals surface area contributed by atoms with E-state index in [1.165, 1.54) is 0 Å². The van der Waals surface area contributed by atoms with Gasteiger partial charge in [-0.25, -0.2) is 4.79 Å². The Hall–Kier alpha value is -2.13. The van der Waals surface area contributed by atoms with Gasteiger partial charge in [0.15, 0.2) is 0 Å². The van der Waals surface area contributed by atoms with E-state index in [1.54, 1.807) is 0 Å². The topological polar surface area (TPSA) is 35.5 Å². The summed E-state index contributed by atoms with van der Waals surface area (Å²) in [5, 5.41) is 0. The molecule has 0 aromatic rings. The zero-order valence-corrected chi connectivity index (χ0v) is 14.4. The molecule has 0 saturated heterocycles. The molecular weight excluding hydrogens is 560 g/mol. The molecule has 0 amide bonds. The summed E-state index contributed by atoms with van der Waals surface area (Å²) >= 11 is 0. The van der Waals surface area contributed by atoms with Crippen LogP contribution in [0.3, 0.4) is 0 Å². The number of ether oxygens (including phenoxy) is 2. The minimum Gasteiger partial charge on any atom is -0.417 e. The van der Waals surface area contributed by atoms with Crippen LogP contribution in [0.2, 0.25) is 0 Å². The molecule has 3 nitrogen and oxygen atoms in total. The predicted octanol–water partition coefficient (Wildman–Crippen LogP) is 6.67. The lowest BCUT2D eigenvalue weighted by Gasteiger charge is -2.36. The van der Waals surface area contributed by atoms with Gasteiger partial charge in [0.25, 0.3) is 12.2 Å². The maximum atomic E-state index is 13.1. The molecular formula is C11H2F20O3. The SMILES string of the molecule is O=C(OC(C(F)(F)C(F)(F)F)C(F)(F)C(F)(F)F)OC(C(F)(F)C(F)(F)F)C(F)(F)C(F)(F)F. The van der Waals surface area contributed by atoms with E-state index in [0.29, 0.717) is 0 Å². The third kappa shape index (κ3) is 5.74. The number of carbonyl (C=O) groups is 1. The van der Waals surface area contributed by atoms with Crippen LogP contribution in [0.25, 0.3) is 0 Å². The Balaban J connectivity index is 6.61. The van der Waals surface area contributed by atoms with Gasteiger partial charge >= 0.3 is 54.6 Å². The number of rotatable bonds is 6. The number of hydrogen-bond acceptors (Lipinski definition) is 3. The fourth-order valence-corrected chi connectivity index (χ4v) is 1.57. The summed E-state index contributed by atoms with van der Waals surface area (Å²) in [5.41, 5.74) is 0. The predicted molar refractivity (Wildman–Crippen MR) is 59.1 cm³/mol. The average molecular weight is 562 g/mol. The molecule has 0 aromatic heterocycles. The molecule has 0 fully saturated rings. The maximum Gasteiger partial charge on any atom is 0.509 e. The molecule has 0 radical (unpaired) electrons. The standard InChI is InChI=1S/C11H2F20O3/c12-4(13,8(20,21)22)1(5(14,15)9(23,24)25)33-3(32)34-2(6(16,17)10(26,27)28)7(18,19)11(29,30)31/h1-2H. The lowest BCUT2D eigenvalue weighted by atomic mass is 10.0. The van der Waals surface area contributed by atoms with Crippen molar-refractivity contribution >= 4 is 6.16 Å². The first-order valence-electron chi connectivity index (χ1n) is 7.02. The summed E-state index contributed by atoms with van der Waals surface area (Å²) in [4.78, 5) is 10.9. The van der Waals surface area contributed by atoms with Crippen molar-refractivity contribution in [2.75, 3.05) is 0 Å². The number of carbonyl (C=O) groups excluding carboxylic acids is 1. The molecule has 0 aliphatic rings. The second-order valence-electron chi connectivity index (χ2n) is 5.73. The molecule has 0 saturated carbocycles. The van der Waals surface area contributed by atoms with Crippen molar-refractivity contribution in [2.45, 2.75) is 60.6 Å². The van der Waals surface area contributed by atoms with Crippen molar-refractivity contribution in [1.82, 2.24) is 0 Å². The zero-order valence-electron chi connectivity index (χ0n) is 14.4. The monoisotopic (exact) mass is 562 g/mol. The second-order valence-corrected chi connectivity index (χ2v) is 5.73. The summed E-state index contributed by atoms with van der Waals surface area (Å²) in [7, 11) is 0. The van der Waals surface area contributed by atoms with Gasteiger partial charge in [0.2, 0.25) is 0 Å². The van der Waals surface area contributed by atoms with Crippen LogP contribution in [0, 0.1) is 0 Å². The maximum absolute atomic E-state index is 13.1. The first-order chi connectivity index (χ1) is 14.4. The summed E-state index contributed by atoms with van der Waals surface area (Å²) in [6, 6.07) is 0. The second kappa shape index (κ2) is 8.52. The largest absolute Gasteiger partial charge is 0.509 e. The van der Waals surface area contributed by atoms with Crippen LogP contribution in [0.1, 0.15) is 0 Å². The molecule has 23 heteroatoms. The average Bonchev–Trinajstić information content (AvgIpc) is 2.52. The van der Waals surface area contributed by atoms with Crippen molar-refractivity contribution in [3.8, 4) is 0 Å². The Bertz CT molecular complexity index is 612. The Kier molecular flexibility index (Phi) is 7.98. The summed E-state index contributed by atoms with van der Waals surface area (Å²) in [6.07, 6.45) is -47.2. The Morgan fingerprint density at radius 2 is 0.529 bits per heavy atom. The van der Waals surface area contributed by atoms with Crippen LogP contribution in [0.15, 0.2) is 0 Å². The first kappa shape index (κ1) is 31.9. The highest BCUT2D eigenvalue weighted by molar-refractivity contribution is 5.61. The van der Waals surface area contributed by atoms with Gasteiger partial charge in [0.05, 0.1) is 0 Å². The molecule has 0 rings (SSSR count). The smallest absolute Gasteiger partial charge is 0.417 e. The molecule has 0 N–H and O–H groups in total. The van der Waals surface area contributed by atoms with E-state index in [0.717, 1.165) is 0 Å². The normalized spacial score (nSPS) is 15.7. The Labute approximate surface area is 170 Å². The molecule has 0 bridgehead atoms. The van der Waals surface area contributed by atoms with Gasteiger partial charge < -0.3 is 9.47 Å². The van der Waals surface area contributed by atoms with Crippen molar-refractivity contribution in [3.63, 3.8) is 0 Å². The number of hydrogen-bond donors (Lipinski definition) is 0. The summed E-state index contributed by atoms with van der Waals surface area (Å²) < 4.78 is 255. The number of alkyl halides is 20. The fourth-order valence-electron chi connectivity index (χ4n) is 1.57. The van der Waals surface area contributed by atoms with Gasteiger partial charge in [-0.2, -0.15) is 87.8 Å². The zero-order chi connectivity index (χ0) is 28.1. The van der Waals surface area contributed by atoms with E-state index >= 15 is 0 Å². The third-order valence-corrected chi connectivity index (χ3v) is 3.26. The van der Waals surface area contributed by atoms with E-state index in [1.807, 2.05) is 0 Å². The van der Waals surface area contributed by atoms with E-state index in [9.17, 15) is 92.6 Å². The molecule has 0 heterocycles. The van der Waals surface area contributed by atoms with Gasteiger partial charge in [-0.15, -0.1) is 0 Å². The Morgan fingerprint density at radius 1 is 0.382 bits per heavy atom. The van der Waals surface area contributed by atoms with Gasteiger partial charge in [0.1, 0.15) is 0 Å². The van der Waals surface area contributed by atoms with Crippen molar-refractivity contribution in [2.24, 2.45) is 0 Å². The van der Waals surface area contributed by atoms with Gasteiger partial charge in [-0.3, -0.25) is 0 Å². The van der Waals surface area contributed by atoms with Gasteiger partial charge in [-0.1, -0.05) is 0 Å². The van der Waals surface area contributed by atoms with Crippen LogP contribution in [0.4, 0.5) is 92.6 Å². The van der Waals surface area contributed by atoms with E-state index in [2.05, 4.69) is 9.47 Å². The lowest BCUT2D eigenvalue weighted by Crippen LogP contribution is -2.64. The highest BCUT2D eigenvalue weighted by Crippen LogP contribution is 2.52. The van der Waals surface area contributed by atoms with Crippen molar-refractivity contribution in [3.05, 3.63) is 0 Å². The van der Waals surface area contributed by atoms with Crippen molar-refractivity contribution in [1.29, 1.82) is 0 Å². The van der Waals surface area contributed by atoms with Crippen molar-refractivity contribution < 1.29 is 102 Å². The van der Waals surface area contributed by atoms with Gasteiger partial charge in [-0.05, 0) is 0 Å². The third-order valence-electron chi connectivity index (χ3n) is 3.26. The van der Waals surface area contributed by atoms with E-state index in [4.69, 9.17) is 0 Å². The molecule has 0 aromatic carbocycles. The van der Waals surface area contributed by atoms with Crippen LogP contribution >= 0.6 is 0 Å². The highest BCUT2D eigenvalue weighted by Gasteiger charge is 2.80. The Morgan fingerprint density at radius 3 is 0.647 bits per heavy atom. The molecule has 0 aliphatic carbocycles. The first-order valence-corrected chi connectivity index (χ1v) is 7.02. The molecule has 0 unspecified atom stereocenters. The van der Waals surface area contributed by atoms with Gasteiger partial charge in [0, 0.05) is 0 Å². The minimum absolute atomic E-state index is 2.08. The molecule has 0 aliphatic heterocycles. The lowest BCUT2D eigenvalue weighted by molar-refractivity contribution is -0.395. The minimum atomic E-state index is -7.57. The molecule has 0 atom stereocenters. The quantitative estimate of drug-likeness (QED) is 0.268. The van der Waals surface area contributed by atoms with Crippen LogP contribution < -0.4 is 0 Å². The van der Waals surface area contributed by atoms with E-state index in [-0.39, 0.29) is 0 Å².